The molecule has 3 rings (SSSR count). The first kappa shape index (κ1) is 16.0. The molecular formula is C17H20N4O3. The van der Waals surface area contributed by atoms with Crippen molar-refractivity contribution in [2.45, 2.75) is 25.4 Å². The maximum atomic E-state index is 12.7. The van der Waals surface area contributed by atoms with Gasteiger partial charge in [0.2, 0.25) is 0 Å². The fourth-order valence-electron chi connectivity index (χ4n) is 2.93. The summed E-state index contributed by atoms with van der Waals surface area (Å²) < 4.78 is 7.07. The number of hydrogen-bond donors (Lipinski definition) is 1. The molecule has 126 valence electrons. The number of ether oxygens (including phenoxy) is 1. The molecule has 1 aliphatic rings. The van der Waals surface area contributed by atoms with E-state index in [9.17, 15) is 9.59 Å². The zero-order valence-corrected chi connectivity index (χ0v) is 13.3. The molecule has 0 saturated carbocycles. The molecule has 2 heterocycles. The fraction of sp³-hybridized carbons (Fsp3) is 0.353. The van der Waals surface area contributed by atoms with Crippen molar-refractivity contribution in [1.82, 2.24) is 14.7 Å². The Kier molecular flexibility index (Phi) is 4.79. The summed E-state index contributed by atoms with van der Waals surface area (Å²) in [6.07, 6.45) is 5.63. The van der Waals surface area contributed by atoms with E-state index in [1.165, 1.54) is 0 Å². The van der Waals surface area contributed by atoms with E-state index < -0.39 is 5.91 Å². The number of rotatable bonds is 6. The van der Waals surface area contributed by atoms with E-state index in [0.717, 1.165) is 19.4 Å². The van der Waals surface area contributed by atoms with Gasteiger partial charge in [-0.05, 0) is 43.2 Å². The second kappa shape index (κ2) is 7.16. The van der Waals surface area contributed by atoms with Crippen LogP contribution in [0.3, 0.4) is 0 Å². The van der Waals surface area contributed by atoms with E-state index in [1.54, 1.807) is 30.5 Å². The molecule has 2 amide bonds. The van der Waals surface area contributed by atoms with Crippen LogP contribution in [0, 0.1) is 0 Å². The summed E-state index contributed by atoms with van der Waals surface area (Å²) in [5.41, 5.74) is 5.65. The first-order chi connectivity index (χ1) is 11.6. The Bertz CT molecular complexity index is 697. The predicted octanol–water partition coefficient (Wildman–Crippen LogP) is 1.05. The molecule has 2 aromatic rings. The van der Waals surface area contributed by atoms with Gasteiger partial charge in [0.1, 0.15) is 5.75 Å². The van der Waals surface area contributed by atoms with Crippen molar-refractivity contribution >= 4 is 11.8 Å². The average Bonchev–Trinajstić information content (AvgIpc) is 3.25. The Morgan fingerprint density at radius 3 is 2.75 bits per heavy atom. The van der Waals surface area contributed by atoms with Crippen molar-refractivity contribution in [2.75, 3.05) is 13.2 Å². The van der Waals surface area contributed by atoms with Gasteiger partial charge in [0.05, 0.1) is 12.6 Å². The number of primary amides is 1. The lowest BCUT2D eigenvalue weighted by atomic mass is 10.1. The smallest absolute Gasteiger partial charge is 0.255 e. The first-order valence-corrected chi connectivity index (χ1v) is 7.93. The van der Waals surface area contributed by atoms with E-state index in [-0.39, 0.29) is 18.6 Å². The van der Waals surface area contributed by atoms with Gasteiger partial charge in [0.15, 0.2) is 6.61 Å². The molecule has 7 heteroatoms. The maximum absolute atomic E-state index is 12.7. The van der Waals surface area contributed by atoms with Crippen molar-refractivity contribution in [2.24, 2.45) is 5.73 Å². The van der Waals surface area contributed by atoms with E-state index in [2.05, 4.69) is 5.10 Å². The summed E-state index contributed by atoms with van der Waals surface area (Å²) in [5, 5.41) is 4.22. The number of benzene rings is 1. The lowest BCUT2D eigenvalue weighted by molar-refractivity contribution is -0.119. The molecule has 1 fully saturated rings. The SMILES string of the molecule is NC(=O)COc1ccc(C(=O)N2CCCC2Cn2cccn2)cc1. The van der Waals surface area contributed by atoms with Crippen LogP contribution in [0.5, 0.6) is 5.75 Å². The van der Waals surface area contributed by atoms with Gasteiger partial charge >= 0.3 is 0 Å². The zero-order valence-electron chi connectivity index (χ0n) is 13.3. The third kappa shape index (κ3) is 3.73. The van der Waals surface area contributed by atoms with Crippen LogP contribution < -0.4 is 10.5 Å². The lowest BCUT2D eigenvalue weighted by Crippen LogP contribution is -2.38. The van der Waals surface area contributed by atoms with Crippen molar-refractivity contribution in [1.29, 1.82) is 0 Å². The molecule has 2 N–H and O–H groups in total. The standard InChI is InChI=1S/C17H20N4O3/c18-16(22)12-24-15-6-4-13(5-7-15)17(23)21-10-1-3-14(21)11-20-9-2-8-19-20/h2,4-9,14H,1,3,10-12H2,(H2,18,22). The van der Waals surface area contributed by atoms with Gasteiger partial charge < -0.3 is 15.4 Å². The highest BCUT2D eigenvalue weighted by atomic mass is 16.5. The number of nitrogens with two attached hydrogens (primary N) is 1. The fourth-order valence-corrected chi connectivity index (χ4v) is 2.93. The Hall–Kier alpha value is -2.83. The molecule has 7 nitrogen and oxygen atoms in total. The van der Waals surface area contributed by atoms with Gasteiger partial charge in [-0.1, -0.05) is 0 Å². The normalized spacial score (nSPS) is 17.0. The zero-order chi connectivity index (χ0) is 16.9. The monoisotopic (exact) mass is 328 g/mol. The molecule has 1 saturated heterocycles. The molecule has 24 heavy (non-hydrogen) atoms. The number of nitrogens with zero attached hydrogens (tertiary/aromatic N) is 3. The number of amides is 2. The van der Waals surface area contributed by atoms with Crippen molar-refractivity contribution in [3.8, 4) is 5.75 Å². The summed E-state index contributed by atoms with van der Waals surface area (Å²) >= 11 is 0. The third-order valence-electron chi connectivity index (χ3n) is 4.08. The highest BCUT2D eigenvalue weighted by Crippen LogP contribution is 2.22. The van der Waals surface area contributed by atoms with Crippen molar-refractivity contribution in [3.63, 3.8) is 0 Å². The highest BCUT2D eigenvalue weighted by molar-refractivity contribution is 5.94. The van der Waals surface area contributed by atoms with Crippen LogP contribution in [0.1, 0.15) is 23.2 Å². The molecule has 1 unspecified atom stereocenters. The second-order valence-electron chi connectivity index (χ2n) is 5.80. The summed E-state index contributed by atoms with van der Waals surface area (Å²) in [4.78, 5) is 25.4. The van der Waals surface area contributed by atoms with Gasteiger partial charge in [-0.15, -0.1) is 0 Å². The molecule has 1 atom stereocenters. The quantitative estimate of drug-likeness (QED) is 0.858. The van der Waals surface area contributed by atoms with Crippen LogP contribution in [0.2, 0.25) is 0 Å². The van der Waals surface area contributed by atoms with E-state index in [4.69, 9.17) is 10.5 Å². The van der Waals surface area contributed by atoms with Crippen LogP contribution in [0.25, 0.3) is 0 Å². The van der Waals surface area contributed by atoms with Gasteiger partial charge in [-0.25, -0.2) is 0 Å². The van der Waals surface area contributed by atoms with Crippen LogP contribution >= 0.6 is 0 Å². The van der Waals surface area contributed by atoms with Crippen molar-refractivity contribution in [3.05, 3.63) is 48.3 Å². The summed E-state index contributed by atoms with van der Waals surface area (Å²) in [6, 6.07) is 8.81. The number of aromatic nitrogens is 2. The minimum atomic E-state index is -0.534. The number of hydrogen-bond acceptors (Lipinski definition) is 4. The van der Waals surface area contributed by atoms with Gasteiger partial charge in [-0.2, -0.15) is 5.10 Å². The third-order valence-corrected chi connectivity index (χ3v) is 4.08. The lowest BCUT2D eigenvalue weighted by Gasteiger charge is -2.25. The Morgan fingerprint density at radius 1 is 1.29 bits per heavy atom. The Morgan fingerprint density at radius 2 is 2.08 bits per heavy atom. The second-order valence-corrected chi connectivity index (χ2v) is 5.80. The van der Waals surface area contributed by atoms with Crippen LogP contribution in [0.4, 0.5) is 0 Å². The summed E-state index contributed by atoms with van der Waals surface area (Å²) in [6.45, 7) is 1.29. The van der Waals surface area contributed by atoms with Crippen molar-refractivity contribution < 1.29 is 14.3 Å². The molecular weight excluding hydrogens is 308 g/mol. The van der Waals surface area contributed by atoms with E-state index in [1.807, 2.05) is 21.8 Å². The first-order valence-electron chi connectivity index (χ1n) is 7.93. The van der Waals surface area contributed by atoms with Crippen LogP contribution in [-0.4, -0.2) is 45.7 Å². The van der Waals surface area contributed by atoms with Gasteiger partial charge in [0, 0.05) is 24.5 Å². The molecule has 0 bridgehead atoms. The van der Waals surface area contributed by atoms with Crippen LogP contribution in [-0.2, 0) is 11.3 Å². The molecule has 0 spiro atoms. The molecule has 1 aliphatic heterocycles. The molecule has 1 aromatic heterocycles. The number of carbonyl (C=O) groups excluding carboxylic acids is 2. The minimum absolute atomic E-state index is 0.00565. The summed E-state index contributed by atoms with van der Waals surface area (Å²) in [5.74, 6) is -0.0142. The van der Waals surface area contributed by atoms with Crippen LogP contribution in [0.15, 0.2) is 42.7 Å². The number of likely N-dealkylation sites (tertiary alicyclic amines) is 1. The number of carbonyl (C=O) groups is 2. The molecule has 0 aliphatic carbocycles. The average molecular weight is 328 g/mol. The predicted molar refractivity (Wildman–Crippen MR) is 87.4 cm³/mol. The molecule has 0 radical (unpaired) electrons. The van der Waals surface area contributed by atoms with Gasteiger partial charge in [0.25, 0.3) is 11.8 Å². The summed E-state index contributed by atoms with van der Waals surface area (Å²) in [7, 11) is 0. The van der Waals surface area contributed by atoms with Gasteiger partial charge in [-0.3, -0.25) is 14.3 Å². The largest absolute Gasteiger partial charge is 0.484 e. The maximum Gasteiger partial charge on any atom is 0.255 e. The topological polar surface area (TPSA) is 90.5 Å². The Labute approximate surface area is 140 Å². The Balaban J connectivity index is 1.65. The molecule has 1 aromatic carbocycles. The van der Waals surface area contributed by atoms with E-state index >= 15 is 0 Å². The highest BCUT2D eigenvalue weighted by Gasteiger charge is 2.29. The van der Waals surface area contributed by atoms with E-state index in [0.29, 0.717) is 17.9 Å². The minimum Gasteiger partial charge on any atom is -0.484 e.